The van der Waals surface area contributed by atoms with Gasteiger partial charge in [0.05, 0.1) is 6.04 Å². The Morgan fingerprint density at radius 2 is 1.62 bits per heavy atom. The lowest BCUT2D eigenvalue weighted by molar-refractivity contribution is 0.420. The van der Waals surface area contributed by atoms with Crippen LogP contribution in [0, 0.1) is 17.5 Å². The van der Waals surface area contributed by atoms with Crippen molar-refractivity contribution in [2.24, 2.45) is 5.73 Å². The fourth-order valence-electron chi connectivity index (χ4n) is 0.905. The van der Waals surface area contributed by atoms with E-state index in [1.165, 1.54) is 0 Å². The number of rotatable bonds is 2. The Morgan fingerprint density at radius 3 is 2.15 bits per heavy atom. The maximum atomic E-state index is 12.8. The Balaban J connectivity index is 3.15. The van der Waals surface area contributed by atoms with Gasteiger partial charge < -0.3 is 5.73 Å². The van der Waals surface area contributed by atoms with E-state index in [1.54, 1.807) is 0 Å². The SMILES string of the molecule is N[C@H](CF)c1cc(F)c(F)cc1F. The van der Waals surface area contributed by atoms with E-state index >= 15 is 0 Å². The summed E-state index contributed by atoms with van der Waals surface area (Å²) in [5, 5.41) is 0. The van der Waals surface area contributed by atoms with Crippen LogP contribution in [0.5, 0.6) is 0 Å². The zero-order chi connectivity index (χ0) is 10.0. The fraction of sp³-hybridized carbons (Fsp3) is 0.250. The minimum atomic E-state index is -1.31. The molecule has 0 spiro atoms. The molecule has 0 aromatic heterocycles. The summed E-state index contributed by atoms with van der Waals surface area (Å²) in [6.07, 6.45) is 0. The van der Waals surface area contributed by atoms with Crippen LogP contribution in [-0.2, 0) is 0 Å². The molecule has 2 N–H and O–H groups in total. The highest BCUT2D eigenvalue weighted by Gasteiger charge is 2.15. The zero-order valence-corrected chi connectivity index (χ0v) is 6.53. The Labute approximate surface area is 72.2 Å². The van der Waals surface area contributed by atoms with Crippen LogP contribution in [0.15, 0.2) is 12.1 Å². The first-order valence-electron chi connectivity index (χ1n) is 3.52. The highest BCUT2D eigenvalue weighted by Crippen LogP contribution is 2.19. The minimum absolute atomic E-state index is 0.347. The van der Waals surface area contributed by atoms with Gasteiger partial charge in [-0.15, -0.1) is 0 Å². The van der Waals surface area contributed by atoms with Gasteiger partial charge in [0, 0.05) is 11.6 Å². The van der Waals surface area contributed by atoms with Crippen molar-refractivity contribution in [1.29, 1.82) is 0 Å². The van der Waals surface area contributed by atoms with E-state index in [0.717, 1.165) is 0 Å². The molecular weight excluding hydrogens is 186 g/mol. The number of benzene rings is 1. The Kier molecular flexibility index (Phi) is 2.87. The van der Waals surface area contributed by atoms with Crippen molar-refractivity contribution in [3.8, 4) is 0 Å². The molecule has 0 bridgehead atoms. The number of hydrogen-bond acceptors (Lipinski definition) is 1. The average Bonchev–Trinajstić information content (AvgIpc) is 2.10. The molecule has 1 atom stereocenters. The second-order valence-corrected chi connectivity index (χ2v) is 2.55. The molecule has 72 valence electrons. The largest absolute Gasteiger partial charge is 0.322 e. The van der Waals surface area contributed by atoms with Crippen LogP contribution in [0.25, 0.3) is 0 Å². The van der Waals surface area contributed by atoms with Gasteiger partial charge in [-0.05, 0) is 6.07 Å². The number of alkyl halides is 1. The van der Waals surface area contributed by atoms with Gasteiger partial charge in [-0.25, -0.2) is 17.6 Å². The number of hydrogen-bond donors (Lipinski definition) is 1. The van der Waals surface area contributed by atoms with E-state index in [9.17, 15) is 17.6 Å². The van der Waals surface area contributed by atoms with Crippen LogP contribution in [0.2, 0.25) is 0 Å². The maximum Gasteiger partial charge on any atom is 0.161 e. The van der Waals surface area contributed by atoms with Crippen LogP contribution in [-0.4, -0.2) is 6.67 Å². The minimum Gasteiger partial charge on any atom is -0.322 e. The van der Waals surface area contributed by atoms with Crippen molar-refractivity contribution in [3.05, 3.63) is 35.1 Å². The third-order valence-electron chi connectivity index (χ3n) is 1.61. The van der Waals surface area contributed by atoms with E-state index in [4.69, 9.17) is 5.73 Å². The molecule has 1 rings (SSSR count). The van der Waals surface area contributed by atoms with E-state index in [2.05, 4.69) is 0 Å². The average molecular weight is 193 g/mol. The number of nitrogens with two attached hydrogens (primary N) is 1. The van der Waals surface area contributed by atoms with Crippen LogP contribution < -0.4 is 5.73 Å². The Bertz CT molecular complexity index is 313. The summed E-state index contributed by atoms with van der Waals surface area (Å²) in [4.78, 5) is 0. The lowest BCUT2D eigenvalue weighted by Crippen LogP contribution is -2.14. The molecule has 13 heavy (non-hydrogen) atoms. The predicted octanol–water partition coefficient (Wildman–Crippen LogP) is 2.07. The maximum absolute atomic E-state index is 12.8. The molecule has 0 aliphatic rings. The summed E-state index contributed by atoms with van der Waals surface area (Å²) >= 11 is 0. The molecule has 5 heteroatoms. The number of halogens is 4. The molecule has 0 saturated carbocycles. The van der Waals surface area contributed by atoms with E-state index in [1.807, 2.05) is 0 Å². The van der Waals surface area contributed by atoms with E-state index in [0.29, 0.717) is 12.1 Å². The Hall–Kier alpha value is -1.10. The molecule has 0 radical (unpaired) electrons. The van der Waals surface area contributed by atoms with Crippen LogP contribution in [0.3, 0.4) is 0 Å². The van der Waals surface area contributed by atoms with Gasteiger partial charge in [-0.1, -0.05) is 0 Å². The smallest absolute Gasteiger partial charge is 0.161 e. The summed E-state index contributed by atoms with van der Waals surface area (Å²) < 4.78 is 49.7. The van der Waals surface area contributed by atoms with Crippen molar-refractivity contribution in [2.45, 2.75) is 6.04 Å². The predicted molar refractivity (Wildman–Crippen MR) is 39.2 cm³/mol. The molecule has 0 amide bonds. The molecule has 1 aromatic rings. The third kappa shape index (κ3) is 1.98. The first kappa shape index (κ1) is 9.98. The summed E-state index contributed by atoms with van der Waals surface area (Å²) in [6.45, 7) is -1.03. The summed E-state index contributed by atoms with van der Waals surface area (Å²) in [7, 11) is 0. The first-order valence-corrected chi connectivity index (χ1v) is 3.52. The Morgan fingerprint density at radius 1 is 1.08 bits per heavy atom. The van der Waals surface area contributed by atoms with Crippen molar-refractivity contribution < 1.29 is 17.6 Å². The molecular formula is C8H7F4N. The molecule has 1 aromatic carbocycles. The van der Waals surface area contributed by atoms with Crippen molar-refractivity contribution >= 4 is 0 Å². The monoisotopic (exact) mass is 193 g/mol. The molecule has 1 nitrogen and oxygen atoms in total. The van der Waals surface area contributed by atoms with Gasteiger partial charge in [0.2, 0.25) is 0 Å². The molecule has 0 aliphatic heterocycles. The van der Waals surface area contributed by atoms with Crippen molar-refractivity contribution in [3.63, 3.8) is 0 Å². The highest BCUT2D eigenvalue weighted by molar-refractivity contribution is 5.23. The zero-order valence-electron chi connectivity index (χ0n) is 6.53. The van der Waals surface area contributed by atoms with Gasteiger partial charge >= 0.3 is 0 Å². The van der Waals surface area contributed by atoms with Gasteiger partial charge in [-0.3, -0.25) is 0 Å². The summed E-state index contributed by atoms with van der Waals surface area (Å²) in [5.41, 5.74) is 4.75. The lowest BCUT2D eigenvalue weighted by atomic mass is 10.1. The topological polar surface area (TPSA) is 26.0 Å². The highest BCUT2D eigenvalue weighted by atomic mass is 19.2. The fourth-order valence-corrected chi connectivity index (χ4v) is 0.905. The van der Waals surface area contributed by atoms with Crippen LogP contribution in [0.4, 0.5) is 17.6 Å². The first-order chi connectivity index (χ1) is 6.06. The van der Waals surface area contributed by atoms with Crippen molar-refractivity contribution in [2.75, 3.05) is 6.67 Å². The van der Waals surface area contributed by atoms with Crippen molar-refractivity contribution in [1.82, 2.24) is 0 Å². The molecule has 0 saturated heterocycles. The third-order valence-corrected chi connectivity index (χ3v) is 1.61. The molecule has 0 unspecified atom stereocenters. The van der Waals surface area contributed by atoms with Gasteiger partial charge in [0.15, 0.2) is 11.6 Å². The lowest BCUT2D eigenvalue weighted by Gasteiger charge is -2.08. The van der Waals surface area contributed by atoms with E-state index < -0.39 is 30.2 Å². The van der Waals surface area contributed by atoms with Gasteiger partial charge in [-0.2, -0.15) is 0 Å². The quantitative estimate of drug-likeness (QED) is 0.564. The second-order valence-electron chi connectivity index (χ2n) is 2.55. The molecule has 0 aliphatic carbocycles. The van der Waals surface area contributed by atoms with Crippen LogP contribution in [0.1, 0.15) is 11.6 Å². The summed E-state index contributed by atoms with van der Waals surface area (Å²) in [6, 6.07) is -0.343. The van der Waals surface area contributed by atoms with Crippen LogP contribution >= 0.6 is 0 Å². The summed E-state index contributed by atoms with van der Waals surface area (Å²) in [5.74, 6) is -3.59. The van der Waals surface area contributed by atoms with Gasteiger partial charge in [0.25, 0.3) is 0 Å². The molecule has 0 fully saturated rings. The second kappa shape index (κ2) is 3.74. The standard InChI is InChI=1S/C8H7F4N/c9-3-8(13)4-1-6(11)7(12)2-5(4)10/h1-2,8H,3,13H2/t8-/m1/s1. The molecule has 0 heterocycles. The normalized spacial score (nSPS) is 13.0. The van der Waals surface area contributed by atoms with Gasteiger partial charge in [0.1, 0.15) is 12.5 Å². The van der Waals surface area contributed by atoms with E-state index in [-0.39, 0.29) is 5.56 Å².